The van der Waals surface area contributed by atoms with Crippen molar-refractivity contribution in [2.75, 3.05) is 6.79 Å². The zero-order valence-corrected chi connectivity index (χ0v) is 20.5. The molecule has 14 heteroatoms. The lowest BCUT2D eigenvalue weighted by molar-refractivity contribution is -0.154. The first-order valence-electron chi connectivity index (χ1n) is 11.1. The number of fused-ring (bicyclic) bond motifs is 1. The van der Waals surface area contributed by atoms with E-state index >= 15 is 0 Å². The summed E-state index contributed by atoms with van der Waals surface area (Å²) in [5, 5.41) is 73.5. The molecular formula is C22H28BrNO12. The number of carbonyl (C=O) groups excluding carboxylic acids is 1. The fourth-order valence-corrected chi connectivity index (χ4v) is 4.78. The van der Waals surface area contributed by atoms with E-state index < -0.39 is 73.2 Å². The summed E-state index contributed by atoms with van der Waals surface area (Å²) in [6.45, 7) is 1.23. The summed E-state index contributed by atoms with van der Waals surface area (Å²) >= 11 is 3.12. The highest BCUT2D eigenvalue weighted by molar-refractivity contribution is 9.12. The van der Waals surface area contributed by atoms with Crippen molar-refractivity contribution in [1.82, 2.24) is 5.32 Å². The predicted molar refractivity (Wildman–Crippen MR) is 123 cm³/mol. The minimum Gasteiger partial charge on any atom is -0.504 e. The Bertz CT molecular complexity index is 992. The molecular weight excluding hydrogens is 550 g/mol. The van der Waals surface area contributed by atoms with E-state index in [9.17, 15) is 40.5 Å². The lowest BCUT2D eigenvalue weighted by Crippen LogP contribution is -2.67. The molecule has 36 heavy (non-hydrogen) atoms. The number of phenols is 1. The van der Waals surface area contributed by atoms with E-state index in [1.807, 2.05) is 0 Å². The maximum absolute atomic E-state index is 12.7. The number of benzene rings is 1. The number of hydrogen-bond donors (Lipinski definition) is 8. The van der Waals surface area contributed by atoms with E-state index in [2.05, 4.69) is 21.2 Å². The standard InChI is InChI=1S/C22H28BrNO12/c1-7(25)18-16(30)17(31)22(36-18)35-11-3-2-8(5-10(11)26)4-9(23)21(32)24-12-13(27)15(29)20-19(14(12)28)33-6-34-20/h2-5,7,12-20,22,25-31H,6H2,1H3,(H,24,32)/b9-4-/t7-,12-,13+,14-,15-,16+,17+,18-,19+,20-,22-/m1/s1. The molecule has 1 aromatic carbocycles. The highest BCUT2D eigenvalue weighted by atomic mass is 79.9. The Morgan fingerprint density at radius 1 is 1.08 bits per heavy atom. The molecule has 1 saturated carbocycles. The van der Waals surface area contributed by atoms with Gasteiger partial charge >= 0.3 is 0 Å². The van der Waals surface area contributed by atoms with Crippen LogP contribution in [0.5, 0.6) is 11.5 Å². The van der Waals surface area contributed by atoms with E-state index in [1.54, 1.807) is 0 Å². The van der Waals surface area contributed by atoms with Crippen LogP contribution in [0.2, 0.25) is 0 Å². The number of ether oxygens (including phenoxy) is 4. The van der Waals surface area contributed by atoms with E-state index in [1.165, 1.54) is 31.2 Å². The van der Waals surface area contributed by atoms with Crippen LogP contribution in [0.25, 0.3) is 6.08 Å². The molecule has 0 spiro atoms. The molecule has 1 aromatic rings. The van der Waals surface area contributed by atoms with E-state index in [0.29, 0.717) is 5.56 Å². The SMILES string of the molecule is C[C@@H](O)[C@H]1O[C@@H](Oc2ccc(/C=C(\Br)C(=O)N[C@@H]3[C@H](O)[C@@H](O)[C@H]4OCO[C@H]4[C@@H]3O)cc2O)[C@@H](O)[C@@H]1O. The van der Waals surface area contributed by atoms with Crippen LogP contribution in [0.3, 0.4) is 0 Å². The Kier molecular flexibility index (Phi) is 8.21. The molecule has 0 radical (unpaired) electrons. The Labute approximate surface area is 213 Å². The lowest BCUT2D eigenvalue weighted by atomic mass is 9.83. The average molecular weight is 578 g/mol. The summed E-state index contributed by atoms with van der Waals surface area (Å²) in [4.78, 5) is 12.7. The molecule has 8 N–H and O–H groups in total. The molecule has 200 valence electrons. The maximum atomic E-state index is 12.7. The van der Waals surface area contributed by atoms with E-state index in [-0.39, 0.29) is 22.8 Å². The largest absolute Gasteiger partial charge is 0.504 e. The molecule has 2 heterocycles. The molecule has 3 aliphatic rings. The van der Waals surface area contributed by atoms with Crippen molar-refractivity contribution < 1.29 is 59.5 Å². The Balaban J connectivity index is 1.41. The van der Waals surface area contributed by atoms with Gasteiger partial charge in [0.2, 0.25) is 6.29 Å². The first-order valence-corrected chi connectivity index (χ1v) is 11.9. The summed E-state index contributed by atoms with van der Waals surface area (Å²) in [6, 6.07) is 2.85. The third-order valence-electron chi connectivity index (χ3n) is 6.37. The maximum Gasteiger partial charge on any atom is 0.258 e. The smallest absolute Gasteiger partial charge is 0.258 e. The number of hydrogen-bond acceptors (Lipinski definition) is 12. The number of rotatable bonds is 6. The number of aliphatic hydroxyl groups is 6. The van der Waals surface area contributed by atoms with Crippen LogP contribution in [0.4, 0.5) is 0 Å². The van der Waals surface area contributed by atoms with Crippen molar-refractivity contribution in [1.29, 1.82) is 0 Å². The first-order chi connectivity index (χ1) is 17.0. The van der Waals surface area contributed by atoms with Gasteiger partial charge in [0.15, 0.2) is 11.5 Å². The van der Waals surface area contributed by atoms with Gasteiger partial charge in [-0.25, -0.2) is 0 Å². The Morgan fingerprint density at radius 2 is 1.75 bits per heavy atom. The van der Waals surface area contributed by atoms with Gasteiger partial charge in [-0.1, -0.05) is 6.07 Å². The molecule has 0 unspecified atom stereocenters. The van der Waals surface area contributed by atoms with Gasteiger partial charge in [-0.2, -0.15) is 0 Å². The van der Waals surface area contributed by atoms with Crippen molar-refractivity contribution >= 4 is 27.9 Å². The summed E-state index contributed by atoms with van der Waals surface area (Å²) < 4.78 is 21.2. The highest BCUT2D eigenvalue weighted by Gasteiger charge is 2.53. The topological polar surface area (TPSA) is 208 Å². The number of aliphatic hydroxyl groups excluding tert-OH is 6. The van der Waals surface area contributed by atoms with Crippen LogP contribution >= 0.6 is 15.9 Å². The van der Waals surface area contributed by atoms with Gasteiger partial charge in [0.1, 0.15) is 55.6 Å². The number of nitrogens with one attached hydrogen (secondary N) is 1. The van der Waals surface area contributed by atoms with Gasteiger partial charge in [-0.15, -0.1) is 0 Å². The second-order valence-corrected chi connectivity index (χ2v) is 9.73. The summed E-state index contributed by atoms with van der Waals surface area (Å²) in [6.07, 6.45) is -11.0. The first kappa shape index (κ1) is 27.2. The molecule has 11 atom stereocenters. The average Bonchev–Trinajstić information content (AvgIpc) is 3.43. The lowest BCUT2D eigenvalue weighted by Gasteiger charge is -2.41. The fourth-order valence-electron chi connectivity index (χ4n) is 4.40. The van der Waals surface area contributed by atoms with E-state index in [0.717, 1.165) is 0 Å². The van der Waals surface area contributed by atoms with Gasteiger partial charge < -0.3 is 60.0 Å². The minimum atomic E-state index is -1.51. The molecule has 4 rings (SSSR count). The van der Waals surface area contributed by atoms with Crippen molar-refractivity contribution in [3.05, 3.63) is 28.2 Å². The third kappa shape index (κ3) is 5.24. The van der Waals surface area contributed by atoms with Gasteiger partial charge in [-0.05, 0) is 46.6 Å². The summed E-state index contributed by atoms with van der Waals surface area (Å²) in [7, 11) is 0. The quantitative estimate of drug-likeness (QED) is 0.167. The van der Waals surface area contributed by atoms with Crippen LogP contribution in [-0.2, 0) is 19.0 Å². The van der Waals surface area contributed by atoms with E-state index in [4.69, 9.17) is 18.9 Å². The molecule has 1 amide bonds. The molecule has 0 aromatic heterocycles. The molecule has 13 nitrogen and oxygen atoms in total. The molecule has 2 saturated heterocycles. The van der Waals surface area contributed by atoms with Crippen molar-refractivity contribution in [2.24, 2.45) is 0 Å². The van der Waals surface area contributed by atoms with Gasteiger partial charge in [0.05, 0.1) is 16.6 Å². The fraction of sp³-hybridized carbons (Fsp3) is 0.591. The van der Waals surface area contributed by atoms with Crippen LogP contribution in [-0.4, -0.2) is 116 Å². The number of halogens is 1. The number of aromatic hydroxyl groups is 1. The summed E-state index contributed by atoms with van der Waals surface area (Å²) in [5.41, 5.74) is 0.356. The highest BCUT2D eigenvalue weighted by Crippen LogP contribution is 2.33. The van der Waals surface area contributed by atoms with Gasteiger partial charge in [0.25, 0.3) is 5.91 Å². The number of amides is 1. The van der Waals surface area contributed by atoms with Gasteiger partial charge in [0, 0.05) is 0 Å². The molecule has 1 aliphatic carbocycles. The zero-order chi connectivity index (χ0) is 26.3. The molecule has 0 bridgehead atoms. The number of carbonyl (C=O) groups is 1. The summed E-state index contributed by atoms with van der Waals surface area (Å²) in [5.74, 6) is -1.16. The Morgan fingerprint density at radius 3 is 2.36 bits per heavy atom. The van der Waals surface area contributed by atoms with Crippen LogP contribution in [0.1, 0.15) is 12.5 Å². The normalized spacial score (nSPS) is 39.5. The van der Waals surface area contributed by atoms with Gasteiger partial charge in [-0.3, -0.25) is 4.79 Å². The Hall–Kier alpha value is -1.85. The van der Waals surface area contributed by atoms with Crippen LogP contribution in [0, 0.1) is 0 Å². The van der Waals surface area contributed by atoms with Crippen LogP contribution in [0.15, 0.2) is 22.7 Å². The van der Waals surface area contributed by atoms with Crippen LogP contribution < -0.4 is 10.1 Å². The number of phenolic OH excluding ortho intramolecular Hbond substituents is 1. The second kappa shape index (κ2) is 10.9. The second-order valence-electron chi connectivity index (χ2n) is 8.88. The third-order valence-corrected chi connectivity index (χ3v) is 6.96. The molecule has 2 aliphatic heterocycles. The predicted octanol–water partition coefficient (Wildman–Crippen LogP) is -2.34. The van der Waals surface area contributed by atoms with Crippen molar-refractivity contribution in [3.8, 4) is 11.5 Å². The zero-order valence-electron chi connectivity index (χ0n) is 18.9. The van der Waals surface area contributed by atoms with Crippen molar-refractivity contribution in [3.63, 3.8) is 0 Å². The monoisotopic (exact) mass is 577 g/mol. The minimum absolute atomic E-state index is 0.0207. The molecule has 3 fully saturated rings. The van der Waals surface area contributed by atoms with Crippen molar-refractivity contribution in [2.45, 2.75) is 74.2 Å².